The first-order valence-electron chi connectivity index (χ1n) is 7.50. The van der Waals surface area contributed by atoms with E-state index in [1.54, 1.807) is 47.3 Å². The highest BCUT2D eigenvalue weighted by atomic mass is 79.9. The highest BCUT2D eigenvalue weighted by Crippen LogP contribution is 2.17. The summed E-state index contributed by atoms with van der Waals surface area (Å²) >= 11 is 3.33. The normalized spacial score (nSPS) is 10.8. The number of tetrazole rings is 1. The van der Waals surface area contributed by atoms with Crippen LogP contribution < -0.4 is 4.74 Å². The maximum atomic E-state index is 12.2. The Morgan fingerprint density at radius 3 is 2.73 bits per heavy atom. The molecule has 10 heteroatoms. The van der Waals surface area contributed by atoms with Gasteiger partial charge in [0, 0.05) is 6.20 Å². The molecule has 0 spiro atoms. The molecule has 9 nitrogen and oxygen atoms in total. The van der Waals surface area contributed by atoms with Crippen molar-refractivity contribution in [2.24, 2.45) is 0 Å². The van der Waals surface area contributed by atoms with Crippen molar-refractivity contribution in [3.63, 3.8) is 0 Å². The number of hydrogen-bond acceptors (Lipinski definition) is 7. The Hall–Kier alpha value is -3.27. The summed E-state index contributed by atoms with van der Waals surface area (Å²) in [4.78, 5) is 12.2. The van der Waals surface area contributed by atoms with E-state index in [1.165, 1.54) is 11.0 Å². The van der Waals surface area contributed by atoms with Crippen LogP contribution >= 0.6 is 15.9 Å². The van der Waals surface area contributed by atoms with Crippen molar-refractivity contribution in [1.29, 1.82) is 0 Å². The third-order valence-corrected chi connectivity index (χ3v) is 3.85. The van der Waals surface area contributed by atoms with Crippen LogP contribution in [0, 0.1) is 0 Å². The molecule has 0 atom stereocenters. The third kappa shape index (κ3) is 3.54. The molecule has 4 aromatic rings. The molecule has 130 valence electrons. The molecule has 4 rings (SSSR count). The van der Waals surface area contributed by atoms with E-state index in [1.807, 2.05) is 6.20 Å². The van der Waals surface area contributed by atoms with Crippen molar-refractivity contribution in [2.75, 3.05) is 0 Å². The molecule has 1 aromatic carbocycles. The van der Waals surface area contributed by atoms with Crippen molar-refractivity contribution in [3.8, 4) is 11.4 Å². The van der Waals surface area contributed by atoms with Crippen LogP contribution in [0.15, 0.2) is 64.0 Å². The fourth-order valence-corrected chi connectivity index (χ4v) is 2.59. The fraction of sp³-hybridized carbons (Fsp3) is 0.0625. The average molecular weight is 415 g/mol. The Balaban J connectivity index is 1.42. The molecule has 0 N–H and O–H groups in total. The van der Waals surface area contributed by atoms with Gasteiger partial charge in [0.2, 0.25) is 5.76 Å². The number of nitrogens with zero attached hydrogens (tertiary/aromatic N) is 6. The van der Waals surface area contributed by atoms with Gasteiger partial charge in [0.05, 0.1) is 22.9 Å². The molecule has 26 heavy (non-hydrogen) atoms. The van der Waals surface area contributed by atoms with Gasteiger partial charge in [-0.05, 0) is 62.8 Å². The van der Waals surface area contributed by atoms with E-state index < -0.39 is 5.97 Å². The van der Waals surface area contributed by atoms with Gasteiger partial charge in [-0.2, -0.15) is 5.10 Å². The maximum absolute atomic E-state index is 12.2. The number of rotatable bonds is 5. The van der Waals surface area contributed by atoms with Gasteiger partial charge < -0.3 is 9.15 Å². The van der Waals surface area contributed by atoms with Crippen molar-refractivity contribution in [1.82, 2.24) is 30.0 Å². The highest BCUT2D eigenvalue weighted by molar-refractivity contribution is 9.10. The molecular formula is C16H11BrN6O3. The predicted molar refractivity (Wildman–Crippen MR) is 91.8 cm³/mol. The van der Waals surface area contributed by atoms with Gasteiger partial charge in [-0.1, -0.05) is 0 Å². The Morgan fingerprint density at radius 1 is 1.19 bits per heavy atom. The summed E-state index contributed by atoms with van der Waals surface area (Å²) in [5, 5.41) is 15.1. The van der Waals surface area contributed by atoms with Gasteiger partial charge >= 0.3 is 5.97 Å². The summed E-state index contributed by atoms with van der Waals surface area (Å²) in [6, 6.07) is 10.1. The van der Waals surface area contributed by atoms with E-state index >= 15 is 0 Å². The molecule has 0 aliphatic rings. The summed E-state index contributed by atoms with van der Waals surface area (Å²) in [5.74, 6) is 0.534. The van der Waals surface area contributed by atoms with E-state index in [0.717, 1.165) is 10.2 Å². The predicted octanol–water partition coefficient (Wildman–Crippen LogP) is 2.48. The van der Waals surface area contributed by atoms with Crippen LogP contribution in [0.3, 0.4) is 0 Å². The molecule has 0 bridgehead atoms. The quantitative estimate of drug-likeness (QED) is 0.365. The summed E-state index contributed by atoms with van der Waals surface area (Å²) in [6.45, 7) is 0.416. The first-order chi connectivity index (χ1) is 12.7. The molecule has 0 saturated heterocycles. The summed E-state index contributed by atoms with van der Waals surface area (Å²) in [5.41, 5.74) is 0.750. The Labute approximate surface area is 155 Å². The zero-order chi connectivity index (χ0) is 17.9. The lowest BCUT2D eigenvalue weighted by molar-refractivity contribution is 0.0699. The lowest BCUT2D eigenvalue weighted by Gasteiger charge is -2.04. The largest absolute Gasteiger partial charge is 0.452 e. The molecule has 3 aromatic heterocycles. The van der Waals surface area contributed by atoms with Gasteiger partial charge in [-0.3, -0.25) is 4.68 Å². The van der Waals surface area contributed by atoms with Crippen molar-refractivity contribution in [2.45, 2.75) is 6.54 Å². The topological polar surface area (TPSA) is 101 Å². The molecule has 0 unspecified atom stereocenters. The molecule has 0 saturated carbocycles. The molecule has 0 fully saturated rings. The third-order valence-electron chi connectivity index (χ3n) is 3.44. The Morgan fingerprint density at radius 2 is 2.04 bits per heavy atom. The molecule has 0 radical (unpaired) electrons. The number of furan rings is 1. The van der Waals surface area contributed by atoms with E-state index in [2.05, 4.69) is 36.6 Å². The summed E-state index contributed by atoms with van der Waals surface area (Å²) < 4.78 is 14.9. The van der Waals surface area contributed by atoms with Crippen molar-refractivity contribution < 1.29 is 13.9 Å². The maximum Gasteiger partial charge on any atom is 0.379 e. The van der Waals surface area contributed by atoms with Crippen LogP contribution in [0.5, 0.6) is 5.75 Å². The van der Waals surface area contributed by atoms with Crippen molar-refractivity contribution >= 4 is 21.9 Å². The lowest BCUT2D eigenvalue weighted by atomic mass is 10.3. The molecule has 0 aliphatic heterocycles. The minimum absolute atomic E-state index is 0.121. The standard InChI is InChI=1S/C16H11BrN6O3/c17-11-7-19-22(8-11)9-14-5-6-15(25-14)16(24)26-13-3-1-12(2-4-13)23-10-18-20-21-23/h1-8,10H,9H2. The zero-order valence-corrected chi connectivity index (χ0v) is 14.8. The number of ether oxygens (including phenoxy) is 1. The number of hydrogen-bond donors (Lipinski definition) is 0. The Bertz CT molecular complexity index is 1020. The summed E-state index contributed by atoms with van der Waals surface area (Å²) in [7, 11) is 0. The second-order valence-corrected chi connectivity index (χ2v) is 6.18. The molecular weight excluding hydrogens is 404 g/mol. The number of aromatic nitrogens is 6. The van der Waals surface area contributed by atoms with Gasteiger partial charge in [0.25, 0.3) is 0 Å². The van der Waals surface area contributed by atoms with E-state index in [-0.39, 0.29) is 5.76 Å². The van der Waals surface area contributed by atoms with Crippen LogP contribution in [-0.4, -0.2) is 36.0 Å². The zero-order valence-electron chi connectivity index (χ0n) is 13.2. The van der Waals surface area contributed by atoms with E-state index in [0.29, 0.717) is 18.1 Å². The first kappa shape index (κ1) is 16.2. The average Bonchev–Trinajstić information content (AvgIpc) is 3.38. The second kappa shape index (κ2) is 6.92. The van der Waals surface area contributed by atoms with Crippen LogP contribution in [0.1, 0.15) is 16.3 Å². The van der Waals surface area contributed by atoms with Gasteiger partial charge in [0.1, 0.15) is 17.8 Å². The minimum Gasteiger partial charge on any atom is -0.452 e. The number of benzene rings is 1. The van der Waals surface area contributed by atoms with E-state index in [9.17, 15) is 4.79 Å². The van der Waals surface area contributed by atoms with Crippen LogP contribution in [-0.2, 0) is 6.54 Å². The van der Waals surface area contributed by atoms with Crippen LogP contribution in [0.2, 0.25) is 0 Å². The van der Waals surface area contributed by atoms with E-state index in [4.69, 9.17) is 9.15 Å². The fourth-order valence-electron chi connectivity index (χ4n) is 2.26. The SMILES string of the molecule is O=C(Oc1ccc(-n2cnnn2)cc1)c1ccc(Cn2cc(Br)cn2)o1. The number of halogens is 1. The monoisotopic (exact) mass is 414 g/mol. The minimum atomic E-state index is -0.576. The Kier molecular flexibility index (Phi) is 4.32. The number of esters is 1. The first-order valence-corrected chi connectivity index (χ1v) is 8.29. The lowest BCUT2D eigenvalue weighted by Crippen LogP contribution is -2.07. The number of carbonyl (C=O) groups is 1. The second-order valence-electron chi connectivity index (χ2n) is 5.26. The molecule has 0 aliphatic carbocycles. The molecule has 3 heterocycles. The smallest absolute Gasteiger partial charge is 0.379 e. The van der Waals surface area contributed by atoms with Gasteiger partial charge in [-0.25, -0.2) is 9.48 Å². The summed E-state index contributed by atoms with van der Waals surface area (Å²) in [6.07, 6.45) is 4.97. The van der Waals surface area contributed by atoms with Crippen LogP contribution in [0.4, 0.5) is 0 Å². The highest BCUT2D eigenvalue weighted by Gasteiger charge is 2.14. The molecule has 0 amide bonds. The van der Waals surface area contributed by atoms with Crippen molar-refractivity contribution in [3.05, 3.63) is 71.1 Å². The van der Waals surface area contributed by atoms with Crippen LogP contribution in [0.25, 0.3) is 5.69 Å². The van der Waals surface area contributed by atoms with Gasteiger partial charge in [-0.15, -0.1) is 5.10 Å². The number of carbonyl (C=O) groups excluding carboxylic acids is 1. The van der Waals surface area contributed by atoms with Gasteiger partial charge in [0.15, 0.2) is 0 Å².